The molecule has 0 saturated heterocycles. The Hall–Kier alpha value is -2.54. The molecule has 1 aromatic heterocycles. The zero-order chi connectivity index (χ0) is 18.6. The summed E-state index contributed by atoms with van der Waals surface area (Å²) in [7, 11) is 3.41. The number of aryl methyl sites for hydroxylation is 1. The molecule has 2 aromatic carbocycles. The molecule has 0 aliphatic carbocycles. The van der Waals surface area contributed by atoms with Gasteiger partial charge < -0.3 is 4.90 Å². The van der Waals surface area contributed by atoms with Crippen LogP contribution in [0.5, 0.6) is 0 Å². The predicted octanol–water partition coefficient (Wildman–Crippen LogP) is 4.76. The third-order valence-electron chi connectivity index (χ3n) is 4.42. The van der Waals surface area contributed by atoms with Crippen LogP contribution in [-0.2, 0) is 7.05 Å². The molecule has 3 aromatic rings. The van der Waals surface area contributed by atoms with E-state index in [2.05, 4.69) is 0 Å². The molecule has 1 aliphatic heterocycles. The number of halogens is 4. The average Bonchev–Trinajstić information content (AvgIpc) is 2.97. The lowest BCUT2D eigenvalue weighted by Crippen LogP contribution is -2.28. The molecule has 26 heavy (non-hydrogen) atoms. The van der Waals surface area contributed by atoms with Crippen LogP contribution in [0.1, 0.15) is 5.56 Å². The molecule has 0 fully saturated rings. The summed E-state index contributed by atoms with van der Waals surface area (Å²) >= 11 is 0.874. The van der Waals surface area contributed by atoms with E-state index in [9.17, 15) is 17.6 Å². The minimum Gasteiger partial charge on any atom is -0.336 e. The summed E-state index contributed by atoms with van der Waals surface area (Å²) in [5, 5.41) is 1.43. The van der Waals surface area contributed by atoms with Gasteiger partial charge in [0.1, 0.15) is 7.05 Å². The molecular formula is C19H13F4N2S+. The summed E-state index contributed by atoms with van der Waals surface area (Å²) in [6.07, 6.45) is 3.63. The highest BCUT2D eigenvalue weighted by atomic mass is 32.2. The van der Waals surface area contributed by atoms with Gasteiger partial charge in [0.25, 0.3) is 0 Å². The minimum atomic E-state index is -1.80. The standard InChI is InChI=1S/C19H13F4N2S/c1-24-8-7-10(11-5-3-4-6-12(11)24)9-13-25(2)18-16(22)14(20)15(21)17(23)19(18)26-13/h3-9H,1-2H3/q+1. The van der Waals surface area contributed by atoms with Crippen molar-refractivity contribution in [2.75, 3.05) is 11.9 Å². The van der Waals surface area contributed by atoms with Gasteiger partial charge in [0.05, 0.1) is 21.0 Å². The van der Waals surface area contributed by atoms with Gasteiger partial charge in [0, 0.05) is 19.2 Å². The lowest BCUT2D eigenvalue weighted by atomic mass is 10.1. The normalized spacial score (nSPS) is 15.2. The van der Waals surface area contributed by atoms with Crippen LogP contribution in [0.3, 0.4) is 0 Å². The first-order valence-corrected chi connectivity index (χ1v) is 8.58. The first kappa shape index (κ1) is 16.9. The van der Waals surface area contributed by atoms with E-state index in [4.69, 9.17) is 0 Å². The van der Waals surface area contributed by atoms with Gasteiger partial charge >= 0.3 is 0 Å². The van der Waals surface area contributed by atoms with Crippen LogP contribution in [-0.4, -0.2) is 7.05 Å². The third-order valence-corrected chi connectivity index (χ3v) is 5.60. The van der Waals surface area contributed by atoms with Gasteiger partial charge in [-0.05, 0) is 17.7 Å². The summed E-state index contributed by atoms with van der Waals surface area (Å²) in [4.78, 5) is 1.09. The quantitative estimate of drug-likeness (QED) is 0.261. The van der Waals surface area contributed by atoms with Crippen molar-refractivity contribution in [2.45, 2.75) is 4.90 Å². The number of nitrogens with zero attached hydrogens (tertiary/aromatic N) is 2. The zero-order valence-electron chi connectivity index (χ0n) is 13.9. The molecule has 0 amide bonds. The fraction of sp³-hybridized carbons (Fsp3) is 0.105. The minimum absolute atomic E-state index is 0.249. The number of aromatic nitrogens is 1. The van der Waals surface area contributed by atoms with E-state index in [0.717, 1.165) is 28.2 Å². The number of rotatable bonds is 1. The smallest absolute Gasteiger partial charge is 0.212 e. The second-order valence-electron chi connectivity index (χ2n) is 5.98. The second kappa shape index (κ2) is 6.02. The second-order valence-corrected chi connectivity index (χ2v) is 7.01. The van der Waals surface area contributed by atoms with E-state index in [0.29, 0.717) is 5.03 Å². The highest BCUT2D eigenvalue weighted by Gasteiger charge is 2.34. The molecule has 0 saturated carbocycles. The van der Waals surface area contributed by atoms with E-state index in [1.165, 1.54) is 11.9 Å². The number of benzene rings is 2. The Morgan fingerprint density at radius 3 is 2.42 bits per heavy atom. The molecule has 0 unspecified atom stereocenters. The van der Waals surface area contributed by atoms with Crippen LogP contribution in [0.15, 0.2) is 46.5 Å². The van der Waals surface area contributed by atoms with Crippen LogP contribution in [0.25, 0.3) is 17.0 Å². The first-order valence-electron chi connectivity index (χ1n) is 7.76. The first-order chi connectivity index (χ1) is 12.4. The monoisotopic (exact) mass is 377 g/mol. The number of hydrogen-bond acceptors (Lipinski definition) is 2. The van der Waals surface area contributed by atoms with Gasteiger partial charge in [0.15, 0.2) is 29.5 Å². The molecule has 132 valence electrons. The summed E-state index contributed by atoms with van der Waals surface area (Å²) in [5.41, 5.74) is 1.53. The molecule has 0 radical (unpaired) electrons. The topological polar surface area (TPSA) is 7.12 Å². The van der Waals surface area contributed by atoms with Gasteiger partial charge in [-0.15, -0.1) is 0 Å². The maximum absolute atomic E-state index is 14.1. The predicted molar refractivity (Wildman–Crippen MR) is 93.6 cm³/mol. The molecule has 7 heteroatoms. The van der Waals surface area contributed by atoms with Crippen molar-refractivity contribution in [3.8, 4) is 0 Å². The number of hydrogen-bond donors (Lipinski definition) is 0. The van der Waals surface area contributed by atoms with Gasteiger partial charge in [-0.3, -0.25) is 0 Å². The average molecular weight is 377 g/mol. The lowest BCUT2D eigenvalue weighted by Gasteiger charge is -2.15. The number of pyridine rings is 1. The fourth-order valence-corrected chi connectivity index (χ4v) is 4.17. The summed E-state index contributed by atoms with van der Waals surface area (Å²) in [6, 6.07) is 9.59. The van der Waals surface area contributed by atoms with E-state index in [-0.39, 0.29) is 10.6 Å². The Morgan fingerprint density at radius 1 is 0.962 bits per heavy atom. The maximum Gasteiger partial charge on any atom is 0.212 e. The maximum atomic E-state index is 14.1. The zero-order valence-corrected chi connectivity index (χ0v) is 14.7. The van der Waals surface area contributed by atoms with E-state index in [1.54, 1.807) is 6.08 Å². The fourth-order valence-electron chi connectivity index (χ4n) is 3.05. The number of para-hydroxylation sites is 1. The van der Waals surface area contributed by atoms with Crippen LogP contribution in [0.2, 0.25) is 0 Å². The molecule has 2 heterocycles. The highest BCUT2D eigenvalue weighted by Crippen LogP contribution is 2.49. The Balaban J connectivity index is 1.88. The van der Waals surface area contributed by atoms with Crippen molar-refractivity contribution in [3.63, 3.8) is 0 Å². The summed E-state index contributed by atoms with van der Waals surface area (Å²) < 4.78 is 57.3. The number of thioether (sulfide) groups is 1. The third kappa shape index (κ3) is 2.38. The molecule has 0 spiro atoms. The van der Waals surface area contributed by atoms with Crippen molar-refractivity contribution in [1.82, 2.24) is 0 Å². The Labute approximate surface area is 151 Å². The Bertz CT molecular complexity index is 1090. The van der Waals surface area contributed by atoms with Crippen molar-refractivity contribution >= 4 is 34.4 Å². The van der Waals surface area contributed by atoms with Crippen molar-refractivity contribution in [3.05, 3.63) is 70.4 Å². The number of anilines is 1. The van der Waals surface area contributed by atoms with E-state index >= 15 is 0 Å². The van der Waals surface area contributed by atoms with E-state index < -0.39 is 23.3 Å². The lowest BCUT2D eigenvalue weighted by molar-refractivity contribution is -0.644. The van der Waals surface area contributed by atoms with Crippen LogP contribution < -0.4 is 9.47 Å². The highest BCUT2D eigenvalue weighted by molar-refractivity contribution is 8.03. The van der Waals surface area contributed by atoms with Crippen LogP contribution in [0, 0.1) is 23.3 Å². The SMILES string of the molecule is CN1/C(=C/c2cc[n+](C)c3ccccc23)Sc2c(F)c(F)c(F)c(F)c21. The summed E-state index contributed by atoms with van der Waals surface area (Å²) in [5.74, 6) is -6.35. The van der Waals surface area contributed by atoms with E-state index in [1.807, 2.05) is 48.1 Å². The van der Waals surface area contributed by atoms with Crippen LogP contribution >= 0.6 is 11.8 Å². The van der Waals surface area contributed by atoms with Crippen molar-refractivity contribution in [2.24, 2.45) is 7.05 Å². The summed E-state index contributed by atoms with van der Waals surface area (Å²) in [6.45, 7) is 0. The molecular weight excluding hydrogens is 364 g/mol. The Kier molecular flexibility index (Phi) is 3.91. The Morgan fingerprint density at radius 2 is 1.65 bits per heavy atom. The van der Waals surface area contributed by atoms with Gasteiger partial charge in [-0.25, -0.2) is 22.1 Å². The van der Waals surface area contributed by atoms with Crippen LogP contribution in [0.4, 0.5) is 23.2 Å². The molecule has 0 N–H and O–H groups in total. The molecule has 4 rings (SSSR count). The van der Waals surface area contributed by atoms with Crippen molar-refractivity contribution in [1.29, 1.82) is 0 Å². The van der Waals surface area contributed by atoms with Gasteiger partial charge in [-0.1, -0.05) is 23.9 Å². The largest absolute Gasteiger partial charge is 0.336 e. The molecule has 1 aliphatic rings. The molecule has 0 bridgehead atoms. The molecule has 0 atom stereocenters. The van der Waals surface area contributed by atoms with Gasteiger partial charge in [0.2, 0.25) is 5.52 Å². The van der Waals surface area contributed by atoms with Gasteiger partial charge in [-0.2, -0.15) is 0 Å². The number of fused-ring (bicyclic) bond motifs is 2. The molecule has 2 nitrogen and oxygen atoms in total. The van der Waals surface area contributed by atoms with Crippen molar-refractivity contribution < 1.29 is 22.1 Å².